The fraction of sp³-hybridized carbons (Fsp3) is 0.444. The van der Waals surface area contributed by atoms with Gasteiger partial charge in [0.15, 0.2) is 0 Å². The Labute approximate surface area is 201 Å². The van der Waals surface area contributed by atoms with E-state index in [4.69, 9.17) is 0 Å². The van der Waals surface area contributed by atoms with Crippen LogP contribution in [0.3, 0.4) is 0 Å². The average Bonchev–Trinajstić information content (AvgIpc) is 3.39. The molecule has 2 aliphatic heterocycles. The number of imide groups is 1. The quantitative estimate of drug-likeness (QED) is 0.649. The molecule has 2 aromatic rings. The SMILES string of the molecule is Cc1cc(N2CCCC2)ccc1NC(=O)CN1C(=O)NC(C)(c2ccc(C(C)(C)C)cc2)C1=O. The van der Waals surface area contributed by atoms with Gasteiger partial charge in [0.05, 0.1) is 0 Å². The summed E-state index contributed by atoms with van der Waals surface area (Å²) in [5.74, 6) is -0.842. The fourth-order valence-corrected chi connectivity index (χ4v) is 4.63. The number of amides is 4. The van der Waals surface area contributed by atoms with Crippen LogP contribution in [-0.2, 0) is 20.5 Å². The summed E-state index contributed by atoms with van der Waals surface area (Å²) in [5, 5.41) is 5.63. The second-order valence-electron chi connectivity index (χ2n) is 10.5. The molecule has 0 spiro atoms. The first-order valence-electron chi connectivity index (χ1n) is 11.9. The van der Waals surface area contributed by atoms with E-state index < -0.39 is 23.4 Å². The van der Waals surface area contributed by atoms with Crippen LogP contribution in [0.5, 0.6) is 0 Å². The number of hydrogen-bond donors (Lipinski definition) is 2. The largest absolute Gasteiger partial charge is 0.372 e. The Kier molecular flexibility index (Phi) is 6.14. The fourth-order valence-electron chi connectivity index (χ4n) is 4.63. The van der Waals surface area contributed by atoms with Gasteiger partial charge in [0.1, 0.15) is 12.1 Å². The molecule has 0 saturated carbocycles. The lowest BCUT2D eigenvalue weighted by Crippen LogP contribution is -2.42. The van der Waals surface area contributed by atoms with Crippen LogP contribution in [0.25, 0.3) is 0 Å². The monoisotopic (exact) mass is 462 g/mol. The highest BCUT2D eigenvalue weighted by Crippen LogP contribution is 2.31. The number of nitrogens with one attached hydrogen (secondary N) is 2. The predicted octanol–water partition coefficient (Wildman–Crippen LogP) is 4.30. The van der Waals surface area contributed by atoms with Gasteiger partial charge in [-0.3, -0.25) is 14.5 Å². The summed E-state index contributed by atoms with van der Waals surface area (Å²) in [4.78, 5) is 42.0. The standard InChI is InChI=1S/C27H34N4O3/c1-18-16-21(30-14-6-7-15-30)12-13-22(18)28-23(32)17-31-24(33)27(5,29-25(31)34)20-10-8-19(9-11-20)26(2,3)4/h8-13,16H,6-7,14-15,17H2,1-5H3,(H,28,32)(H,29,34). The van der Waals surface area contributed by atoms with E-state index in [1.807, 2.05) is 43.3 Å². The molecule has 0 aromatic heterocycles. The van der Waals surface area contributed by atoms with Gasteiger partial charge in [0.25, 0.3) is 5.91 Å². The minimum atomic E-state index is -1.21. The molecule has 0 bridgehead atoms. The van der Waals surface area contributed by atoms with Crippen LogP contribution in [0.1, 0.15) is 57.2 Å². The average molecular weight is 463 g/mol. The van der Waals surface area contributed by atoms with Crippen molar-refractivity contribution in [2.24, 2.45) is 0 Å². The molecule has 2 fully saturated rings. The van der Waals surface area contributed by atoms with Gasteiger partial charge in [-0.05, 0) is 67.0 Å². The normalized spacial score (nSPS) is 20.6. The molecule has 34 heavy (non-hydrogen) atoms. The van der Waals surface area contributed by atoms with Crippen molar-refractivity contribution in [3.05, 3.63) is 59.2 Å². The molecule has 0 radical (unpaired) electrons. The van der Waals surface area contributed by atoms with Gasteiger partial charge in [-0.15, -0.1) is 0 Å². The van der Waals surface area contributed by atoms with Crippen molar-refractivity contribution in [2.75, 3.05) is 29.9 Å². The zero-order valence-corrected chi connectivity index (χ0v) is 20.7. The van der Waals surface area contributed by atoms with E-state index in [1.54, 1.807) is 6.92 Å². The van der Waals surface area contributed by atoms with Crippen molar-refractivity contribution in [1.82, 2.24) is 10.2 Å². The first kappa shape index (κ1) is 23.8. The molecule has 1 atom stereocenters. The van der Waals surface area contributed by atoms with E-state index in [1.165, 1.54) is 12.8 Å². The van der Waals surface area contributed by atoms with Crippen molar-refractivity contribution in [3.63, 3.8) is 0 Å². The number of aryl methyl sites for hydroxylation is 1. The van der Waals surface area contributed by atoms with Crippen LogP contribution in [0, 0.1) is 6.92 Å². The van der Waals surface area contributed by atoms with Gasteiger partial charge in [-0.1, -0.05) is 45.0 Å². The molecule has 2 N–H and O–H groups in total. The summed E-state index contributed by atoms with van der Waals surface area (Å²) >= 11 is 0. The zero-order chi connectivity index (χ0) is 24.7. The summed E-state index contributed by atoms with van der Waals surface area (Å²) in [6, 6.07) is 13.1. The van der Waals surface area contributed by atoms with Crippen LogP contribution < -0.4 is 15.5 Å². The Bertz CT molecular complexity index is 1110. The number of nitrogens with zero attached hydrogens (tertiary/aromatic N) is 2. The van der Waals surface area contributed by atoms with Gasteiger partial charge in [-0.25, -0.2) is 4.79 Å². The van der Waals surface area contributed by atoms with E-state index in [0.29, 0.717) is 11.3 Å². The summed E-state index contributed by atoms with van der Waals surface area (Å²) in [6.07, 6.45) is 2.40. The highest BCUT2D eigenvalue weighted by Gasteiger charge is 2.49. The molecule has 7 nitrogen and oxygen atoms in total. The van der Waals surface area contributed by atoms with Gasteiger partial charge < -0.3 is 15.5 Å². The van der Waals surface area contributed by atoms with E-state index in [0.717, 1.165) is 34.8 Å². The van der Waals surface area contributed by atoms with E-state index in [9.17, 15) is 14.4 Å². The first-order chi connectivity index (χ1) is 16.0. The van der Waals surface area contributed by atoms with E-state index in [2.05, 4.69) is 42.4 Å². The highest BCUT2D eigenvalue weighted by atomic mass is 16.2. The number of urea groups is 1. The lowest BCUT2D eigenvalue weighted by atomic mass is 9.84. The summed E-state index contributed by atoms with van der Waals surface area (Å²) in [6.45, 7) is 11.7. The van der Waals surface area contributed by atoms with E-state index in [-0.39, 0.29) is 12.0 Å². The molecule has 2 saturated heterocycles. The number of carbonyl (C=O) groups excluding carboxylic acids is 3. The smallest absolute Gasteiger partial charge is 0.325 e. The number of hydrogen-bond acceptors (Lipinski definition) is 4. The van der Waals surface area contributed by atoms with Gasteiger partial charge >= 0.3 is 6.03 Å². The van der Waals surface area contributed by atoms with Gasteiger partial charge in [0.2, 0.25) is 5.91 Å². The van der Waals surface area contributed by atoms with Crippen LogP contribution in [-0.4, -0.2) is 42.4 Å². The summed E-state index contributed by atoms with van der Waals surface area (Å²) < 4.78 is 0. The van der Waals surface area contributed by atoms with Gasteiger partial charge in [0, 0.05) is 24.5 Å². The van der Waals surface area contributed by atoms with Crippen molar-refractivity contribution in [2.45, 2.75) is 58.4 Å². The number of carbonyl (C=O) groups is 3. The molecule has 0 aliphatic carbocycles. The van der Waals surface area contributed by atoms with Crippen molar-refractivity contribution >= 4 is 29.2 Å². The van der Waals surface area contributed by atoms with Crippen molar-refractivity contribution in [3.8, 4) is 0 Å². The minimum Gasteiger partial charge on any atom is -0.372 e. The molecular formula is C27H34N4O3. The molecule has 2 heterocycles. The molecule has 4 amide bonds. The van der Waals surface area contributed by atoms with Crippen LogP contribution >= 0.6 is 0 Å². The molecular weight excluding hydrogens is 428 g/mol. The third-order valence-electron chi connectivity index (χ3n) is 6.86. The topological polar surface area (TPSA) is 81.8 Å². The van der Waals surface area contributed by atoms with Crippen molar-refractivity contribution in [1.29, 1.82) is 0 Å². The Morgan fingerprint density at radius 1 is 1.06 bits per heavy atom. The van der Waals surface area contributed by atoms with E-state index >= 15 is 0 Å². The zero-order valence-electron chi connectivity index (χ0n) is 20.7. The van der Waals surface area contributed by atoms with Crippen LogP contribution in [0.15, 0.2) is 42.5 Å². The number of rotatable bonds is 5. The maximum atomic E-state index is 13.2. The second-order valence-corrected chi connectivity index (χ2v) is 10.5. The molecule has 7 heteroatoms. The Morgan fingerprint density at radius 2 is 1.71 bits per heavy atom. The molecule has 180 valence electrons. The third-order valence-corrected chi connectivity index (χ3v) is 6.86. The van der Waals surface area contributed by atoms with Gasteiger partial charge in [-0.2, -0.15) is 0 Å². The highest BCUT2D eigenvalue weighted by molar-refractivity contribution is 6.10. The van der Waals surface area contributed by atoms with Crippen LogP contribution in [0.2, 0.25) is 0 Å². The third kappa shape index (κ3) is 4.52. The second kappa shape index (κ2) is 8.78. The number of anilines is 2. The molecule has 2 aromatic carbocycles. The maximum absolute atomic E-state index is 13.2. The first-order valence-corrected chi connectivity index (χ1v) is 11.9. The Morgan fingerprint density at radius 3 is 2.29 bits per heavy atom. The maximum Gasteiger partial charge on any atom is 0.325 e. The predicted molar refractivity (Wildman–Crippen MR) is 134 cm³/mol. The summed E-state index contributed by atoms with van der Waals surface area (Å²) in [5.41, 5.74) is 3.38. The number of benzene rings is 2. The minimum absolute atomic E-state index is 0.0166. The lowest BCUT2D eigenvalue weighted by Gasteiger charge is -2.24. The molecule has 1 unspecified atom stereocenters. The molecule has 2 aliphatic rings. The lowest BCUT2D eigenvalue weighted by molar-refractivity contribution is -0.133. The molecule has 4 rings (SSSR count). The Balaban J connectivity index is 1.44. The Hall–Kier alpha value is -3.35. The van der Waals surface area contributed by atoms with Crippen LogP contribution in [0.4, 0.5) is 16.2 Å². The van der Waals surface area contributed by atoms with Crippen molar-refractivity contribution < 1.29 is 14.4 Å². The summed E-state index contributed by atoms with van der Waals surface area (Å²) in [7, 11) is 0.